The second-order valence-electron chi connectivity index (χ2n) is 6.49. The average molecular weight is 392 g/mol. The lowest BCUT2D eigenvalue weighted by molar-refractivity contribution is 0.102. The first-order chi connectivity index (χ1) is 13.5. The van der Waals surface area contributed by atoms with Gasteiger partial charge in [0.05, 0.1) is 5.39 Å². The topological polar surface area (TPSA) is 82.7 Å². The summed E-state index contributed by atoms with van der Waals surface area (Å²) in [5.74, 6) is 0.526. The third-order valence-electron chi connectivity index (χ3n) is 4.58. The number of rotatable bonds is 4. The van der Waals surface area contributed by atoms with Gasteiger partial charge >= 0.3 is 0 Å². The minimum Gasteiger partial charge on any atom is -0.343 e. The molecule has 0 aliphatic rings. The van der Waals surface area contributed by atoms with Crippen molar-refractivity contribution in [1.29, 1.82) is 0 Å². The zero-order valence-corrected chi connectivity index (χ0v) is 16.1. The number of fused-ring (bicyclic) bond motifs is 1. The molecule has 28 heavy (non-hydrogen) atoms. The molecular formula is C21H18ClN5O. The van der Waals surface area contributed by atoms with Crippen molar-refractivity contribution >= 4 is 45.7 Å². The lowest BCUT2D eigenvalue weighted by Crippen LogP contribution is -2.11. The van der Waals surface area contributed by atoms with Crippen LogP contribution in [0.3, 0.4) is 0 Å². The fourth-order valence-corrected chi connectivity index (χ4v) is 3.19. The number of nitrogens with zero attached hydrogens (tertiary/aromatic N) is 2. The molecule has 4 aromatic rings. The monoisotopic (exact) mass is 391 g/mol. The van der Waals surface area contributed by atoms with E-state index in [0.29, 0.717) is 16.3 Å². The molecule has 0 radical (unpaired) electrons. The number of amides is 1. The first-order valence-electron chi connectivity index (χ1n) is 8.75. The van der Waals surface area contributed by atoms with E-state index >= 15 is 0 Å². The Bertz CT molecular complexity index is 1170. The van der Waals surface area contributed by atoms with Gasteiger partial charge in [0.1, 0.15) is 17.8 Å². The van der Waals surface area contributed by atoms with Gasteiger partial charge in [-0.15, -0.1) is 0 Å². The lowest BCUT2D eigenvalue weighted by Gasteiger charge is -2.09. The van der Waals surface area contributed by atoms with Crippen LogP contribution in [-0.4, -0.2) is 20.9 Å². The third-order valence-corrected chi connectivity index (χ3v) is 4.82. The number of carbonyl (C=O) groups is 1. The minimum atomic E-state index is -0.199. The molecule has 6 nitrogen and oxygen atoms in total. The van der Waals surface area contributed by atoms with Crippen LogP contribution in [-0.2, 0) is 0 Å². The Morgan fingerprint density at radius 1 is 1.04 bits per heavy atom. The van der Waals surface area contributed by atoms with E-state index in [-0.39, 0.29) is 5.91 Å². The van der Waals surface area contributed by atoms with Crippen molar-refractivity contribution in [2.45, 2.75) is 13.8 Å². The first-order valence-corrected chi connectivity index (χ1v) is 9.13. The summed E-state index contributed by atoms with van der Waals surface area (Å²) in [4.78, 5) is 24.3. The molecule has 0 aliphatic heterocycles. The largest absolute Gasteiger partial charge is 0.343 e. The summed E-state index contributed by atoms with van der Waals surface area (Å²) < 4.78 is 0. The predicted molar refractivity (Wildman–Crippen MR) is 112 cm³/mol. The zero-order chi connectivity index (χ0) is 19.7. The first kappa shape index (κ1) is 18.0. The van der Waals surface area contributed by atoms with Crippen LogP contribution in [0.25, 0.3) is 11.0 Å². The molecule has 0 aliphatic carbocycles. The van der Waals surface area contributed by atoms with E-state index in [1.807, 2.05) is 26.0 Å². The number of aromatic nitrogens is 3. The summed E-state index contributed by atoms with van der Waals surface area (Å²) in [6.45, 7) is 4.04. The Morgan fingerprint density at radius 2 is 1.82 bits per heavy atom. The predicted octanol–water partition coefficient (Wildman–Crippen LogP) is 5.22. The van der Waals surface area contributed by atoms with Crippen LogP contribution in [0.2, 0.25) is 5.02 Å². The van der Waals surface area contributed by atoms with E-state index in [4.69, 9.17) is 11.6 Å². The highest BCUT2D eigenvalue weighted by molar-refractivity contribution is 6.31. The van der Waals surface area contributed by atoms with Gasteiger partial charge < -0.3 is 15.6 Å². The Labute approximate surface area is 167 Å². The van der Waals surface area contributed by atoms with Gasteiger partial charge in [0.15, 0.2) is 0 Å². The van der Waals surface area contributed by atoms with Gasteiger partial charge in [0, 0.05) is 27.7 Å². The Kier molecular flexibility index (Phi) is 4.71. The van der Waals surface area contributed by atoms with Crippen LogP contribution in [0.1, 0.15) is 21.6 Å². The molecule has 7 heteroatoms. The highest BCUT2D eigenvalue weighted by atomic mass is 35.5. The molecule has 3 N–H and O–H groups in total. The molecule has 0 unspecified atom stereocenters. The van der Waals surface area contributed by atoms with E-state index in [1.54, 1.807) is 36.4 Å². The van der Waals surface area contributed by atoms with Crippen molar-refractivity contribution in [1.82, 2.24) is 15.0 Å². The van der Waals surface area contributed by atoms with Crippen molar-refractivity contribution < 1.29 is 4.79 Å². The number of halogens is 1. The van der Waals surface area contributed by atoms with Crippen molar-refractivity contribution in [2.24, 2.45) is 0 Å². The van der Waals surface area contributed by atoms with E-state index in [9.17, 15) is 4.79 Å². The number of benzene rings is 2. The van der Waals surface area contributed by atoms with Gasteiger partial charge in [-0.3, -0.25) is 4.79 Å². The molecule has 2 aromatic heterocycles. The Hall–Kier alpha value is -3.38. The van der Waals surface area contributed by atoms with Crippen LogP contribution in [0, 0.1) is 13.8 Å². The number of H-pyrrole nitrogens is 1. The maximum absolute atomic E-state index is 12.4. The van der Waals surface area contributed by atoms with Crippen molar-refractivity contribution in [2.75, 3.05) is 10.6 Å². The van der Waals surface area contributed by atoms with Gasteiger partial charge in [-0.05, 0) is 61.9 Å². The van der Waals surface area contributed by atoms with E-state index in [0.717, 1.165) is 33.8 Å². The molecule has 2 heterocycles. The lowest BCUT2D eigenvalue weighted by atomic mass is 10.1. The maximum Gasteiger partial charge on any atom is 0.255 e. The molecule has 0 bridgehead atoms. The van der Waals surface area contributed by atoms with Crippen LogP contribution < -0.4 is 10.6 Å². The number of anilines is 3. The van der Waals surface area contributed by atoms with E-state index in [2.05, 4.69) is 25.6 Å². The van der Waals surface area contributed by atoms with Crippen molar-refractivity contribution in [3.8, 4) is 0 Å². The van der Waals surface area contributed by atoms with Crippen molar-refractivity contribution in [3.05, 3.63) is 76.7 Å². The van der Waals surface area contributed by atoms with Crippen LogP contribution >= 0.6 is 11.6 Å². The Morgan fingerprint density at radius 3 is 2.57 bits per heavy atom. The fourth-order valence-electron chi connectivity index (χ4n) is 3.00. The van der Waals surface area contributed by atoms with Crippen molar-refractivity contribution in [3.63, 3.8) is 0 Å². The number of aromatic amines is 1. The molecule has 4 rings (SSSR count). The summed E-state index contributed by atoms with van der Waals surface area (Å²) in [5.41, 5.74) is 5.00. The number of hydrogen-bond acceptors (Lipinski definition) is 4. The van der Waals surface area contributed by atoms with Gasteiger partial charge in [-0.25, -0.2) is 9.97 Å². The smallest absolute Gasteiger partial charge is 0.255 e. The zero-order valence-electron chi connectivity index (χ0n) is 15.4. The quantitative estimate of drug-likeness (QED) is 0.445. The number of carbonyl (C=O) groups excluding carboxylic acids is 1. The van der Waals surface area contributed by atoms with Crippen LogP contribution in [0.5, 0.6) is 0 Å². The summed E-state index contributed by atoms with van der Waals surface area (Å²) >= 11 is 5.95. The van der Waals surface area contributed by atoms with E-state index < -0.39 is 0 Å². The molecular weight excluding hydrogens is 374 g/mol. The molecule has 140 valence electrons. The van der Waals surface area contributed by atoms with Crippen LogP contribution in [0.4, 0.5) is 17.2 Å². The second-order valence-corrected chi connectivity index (χ2v) is 6.92. The summed E-state index contributed by atoms with van der Waals surface area (Å²) in [6, 6.07) is 14.3. The molecule has 0 saturated heterocycles. The summed E-state index contributed by atoms with van der Waals surface area (Å²) in [5, 5.41) is 7.67. The number of hydrogen-bond donors (Lipinski definition) is 3. The summed E-state index contributed by atoms with van der Waals surface area (Å²) in [6.07, 6.45) is 1.52. The molecule has 0 atom stereocenters. The SMILES string of the molecule is Cc1[nH]c2ncnc(Nc3ccc(C(=O)Nc4cccc(Cl)c4)cc3)c2c1C. The molecule has 0 fully saturated rings. The average Bonchev–Trinajstić information content (AvgIpc) is 2.97. The molecule has 1 amide bonds. The van der Waals surface area contributed by atoms with E-state index in [1.165, 1.54) is 6.33 Å². The van der Waals surface area contributed by atoms with Gasteiger partial charge in [-0.2, -0.15) is 0 Å². The molecule has 0 spiro atoms. The second kappa shape index (κ2) is 7.32. The number of aryl methyl sites for hydroxylation is 2. The Balaban J connectivity index is 1.53. The molecule has 2 aromatic carbocycles. The normalized spacial score (nSPS) is 10.8. The van der Waals surface area contributed by atoms with Gasteiger partial charge in [0.25, 0.3) is 5.91 Å². The highest BCUT2D eigenvalue weighted by Gasteiger charge is 2.12. The van der Waals surface area contributed by atoms with Gasteiger partial charge in [-0.1, -0.05) is 17.7 Å². The number of nitrogens with one attached hydrogen (secondary N) is 3. The third kappa shape index (κ3) is 3.54. The summed E-state index contributed by atoms with van der Waals surface area (Å²) in [7, 11) is 0. The standard InChI is InChI=1S/C21H18ClN5O/c1-12-13(2)25-19-18(12)20(24-11-23-19)26-16-8-6-14(7-9-16)21(28)27-17-5-3-4-15(22)10-17/h3-11H,1-2H3,(H,27,28)(H2,23,24,25,26). The maximum atomic E-state index is 12.4. The fraction of sp³-hybridized carbons (Fsp3) is 0.0952. The van der Waals surface area contributed by atoms with Crippen LogP contribution in [0.15, 0.2) is 54.9 Å². The highest BCUT2D eigenvalue weighted by Crippen LogP contribution is 2.27. The minimum absolute atomic E-state index is 0.199. The molecule has 0 saturated carbocycles. The van der Waals surface area contributed by atoms with Gasteiger partial charge in [0.2, 0.25) is 0 Å².